The zero-order chi connectivity index (χ0) is 14.5. The van der Waals surface area contributed by atoms with E-state index >= 15 is 0 Å². The number of carbonyl (C=O) groups excluding carboxylic acids is 1. The summed E-state index contributed by atoms with van der Waals surface area (Å²) in [6.07, 6.45) is 4.07. The highest BCUT2D eigenvalue weighted by atomic mass is 16.2. The number of anilines is 1. The number of para-hydroxylation sites is 1. The molecule has 2 N–H and O–H groups in total. The fourth-order valence-electron chi connectivity index (χ4n) is 3.07. The van der Waals surface area contributed by atoms with E-state index in [4.69, 9.17) is 0 Å². The third-order valence-corrected chi connectivity index (χ3v) is 4.49. The van der Waals surface area contributed by atoms with Gasteiger partial charge in [0.05, 0.1) is 0 Å². The molecule has 0 aromatic heterocycles. The van der Waals surface area contributed by atoms with Gasteiger partial charge in [0.25, 0.3) is 0 Å². The molecule has 3 nitrogen and oxygen atoms in total. The van der Waals surface area contributed by atoms with Gasteiger partial charge in [0.2, 0.25) is 5.91 Å². The molecule has 1 aromatic carbocycles. The molecule has 1 amide bonds. The average Bonchev–Trinajstić information content (AvgIpc) is 2.48. The summed E-state index contributed by atoms with van der Waals surface area (Å²) in [5, 5.41) is 6.55. The summed E-state index contributed by atoms with van der Waals surface area (Å²) in [5.41, 5.74) is 2.42. The summed E-state index contributed by atoms with van der Waals surface area (Å²) in [6, 6.07) is 8.40. The zero-order valence-electron chi connectivity index (χ0n) is 12.8. The SMILES string of the molecule is CCC(CC)C(C)NC(=O)C1CCc2ccccc2N1. The molecule has 0 saturated heterocycles. The Morgan fingerprint density at radius 3 is 2.75 bits per heavy atom. The number of hydrogen-bond donors (Lipinski definition) is 2. The Kier molecular flexibility index (Phi) is 5.05. The van der Waals surface area contributed by atoms with E-state index in [1.54, 1.807) is 0 Å². The van der Waals surface area contributed by atoms with Crippen molar-refractivity contribution < 1.29 is 4.79 Å². The van der Waals surface area contributed by atoms with E-state index in [1.807, 2.05) is 6.07 Å². The van der Waals surface area contributed by atoms with E-state index in [-0.39, 0.29) is 18.0 Å². The average molecular weight is 274 g/mol. The molecule has 3 heteroatoms. The van der Waals surface area contributed by atoms with E-state index in [2.05, 4.69) is 49.6 Å². The molecule has 2 unspecified atom stereocenters. The standard InChI is InChI=1S/C17H26N2O/c1-4-13(5-2)12(3)18-17(20)16-11-10-14-8-6-7-9-15(14)19-16/h6-9,12-13,16,19H,4-5,10-11H2,1-3H3,(H,18,20). The van der Waals surface area contributed by atoms with Crippen LogP contribution in [-0.2, 0) is 11.2 Å². The fraction of sp³-hybridized carbons (Fsp3) is 0.588. The summed E-state index contributed by atoms with van der Waals surface area (Å²) in [5.74, 6) is 0.703. The van der Waals surface area contributed by atoms with Crippen LogP contribution in [0.25, 0.3) is 0 Å². The molecule has 1 heterocycles. The minimum atomic E-state index is -0.0956. The maximum atomic E-state index is 12.4. The van der Waals surface area contributed by atoms with Crippen molar-refractivity contribution in [3.05, 3.63) is 29.8 Å². The predicted molar refractivity (Wildman–Crippen MR) is 83.9 cm³/mol. The van der Waals surface area contributed by atoms with Gasteiger partial charge in [-0.05, 0) is 37.3 Å². The monoisotopic (exact) mass is 274 g/mol. The van der Waals surface area contributed by atoms with E-state index in [1.165, 1.54) is 5.56 Å². The summed E-state index contributed by atoms with van der Waals surface area (Å²) in [6.45, 7) is 6.49. The number of carbonyl (C=O) groups is 1. The molecule has 0 fully saturated rings. The molecule has 2 rings (SSSR count). The Morgan fingerprint density at radius 2 is 2.05 bits per heavy atom. The third kappa shape index (κ3) is 3.33. The molecule has 1 aliphatic heterocycles. The van der Waals surface area contributed by atoms with Gasteiger partial charge >= 0.3 is 0 Å². The molecular formula is C17H26N2O. The Bertz CT molecular complexity index is 454. The van der Waals surface area contributed by atoms with Crippen molar-refractivity contribution in [2.75, 3.05) is 5.32 Å². The van der Waals surface area contributed by atoms with Gasteiger partial charge in [-0.15, -0.1) is 0 Å². The van der Waals surface area contributed by atoms with E-state index in [9.17, 15) is 4.79 Å². The van der Waals surface area contributed by atoms with Gasteiger partial charge in [0.1, 0.15) is 6.04 Å². The van der Waals surface area contributed by atoms with Crippen molar-refractivity contribution in [2.24, 2.45) is 5.92 Å². The summed E-state index contributed by atoms with van der Waals surface area (Å²) >= 11 is 0. The van der Waals surface area contributed by atoms with Crippen LogP contribution < -0.4 is 10.6 Å². The highest BCUT2D eigenvalue weighted by Gasteiger charge is 2.25. The number of hydrogen-bond acceptors (Lipinski definition) is 2. The number of aryl methyl sites for hydroxylation is 1. The lowest BCUT2D eigenvalue weighted by Crippen LogP contribution is -2.47. The molecule has 0 spiro atoms. The molecule has 1 aromatic rings. The molecule has 1 aliphatic rings. The second kappa shape index (κ2) is 6.78. The molecular weight excluding hydrogens is 248 g/mol. The van der Waals surface area contributed by atoms with E-state index in [0.717, 1.165) is 31.4 Å². The first kappa shape index (κ1) is 14.9. The molecule has 0 radical (unpaired) electrons. The molecule has 0 saturated carbocycles. The lowest BCUT2D eigenvalue weighted by molar-refractivity contribution is -0.123. The highest BCUT2D eigenvalue weighted by Crippen LogP contribution is 2.24. The predicted octanol–water partition coefficient (Wildman–Crippen LogP) is 3.35. The lowest BCUT2D eigenvalue weighted by Gasteiger charge is -2.29. The zero-order valence-corrected chi connectivity index (χ0v) is 12.8. The topological polar surface area (TPSA) is 41.1 Å². The summed E-state index contributed by atoms with van der Waals surface area (Å²) in [7, 11) is 0. The second-order valence-electron chi connectivity index (χ2n) is 5.77. The Balaban J connectivity index is 1.95. The van der Waals surface area contributed by atoms with Crippen LogP contribution in [0.1, 0.15) is 45.6 Å². The van der Waals surface area contributed by atoms with E-state index < -0.39 is 0 Å². The first-order chi connectivity index (χ1) is 9.65. The van der Waals surface area contributed by atoms with Gasteiger partial charge in [-0.1, -0.05) is 44.9 Å². The van der Waals surface area contributed by atoms with Gasteiger partial charge in [-0.3, -0.25) is 4.79 Å². The van der Waals surface area contributed by atoms with Crippen molar-refractivity contribution >= 4 is 11.6 Å². The van der Waals surface area contributed by atoms with Crippen LogP contribution in [0, 0.1) is 5.92 Å². The van der Waals surface area contributed by atoms with Crippen molar-refractivity contribution in [1.29, 1.82) is 0 Å². The summed E-state index contributed by atoms with van der Waals surface area (Å²) < 4.78 is 0. The first-order valence-electron chi connectivity index (χ1n) is 7.80. The minimum absolute atomic E-state index is 0.0956. The molecule has 0 bridgehead atoms. The van der Waals surface area contributed by atoms with Crippen LogP contribution in [0.15, 0.2) is 24.3 Å². The van der Waals surface area contributed by atoms with Crippen LogP contribution in [0.3, 0.4) is 0 Å². The maximum Gasteiger partial charge on any atom is 0.242 e. The number of benzene rings is 1. The fourth-order valence-corrected chi connectivity index (χ4v) is 3.07. The summed E-state index contributed by atoms with van der Waals surface area (Å²) in [4.78, 5) is 12.4. The van der Waals surface area contributed by atoms with Crippen molar-refractivity contribution in [2.45, 2.75) is 58.5 Å². The molecule has 110 valence electrons. The van der Waals surface area contributed by atoms with Crippen LogP contribution >= 0.6 is 0 Å². The quantitative estimate of drug-likeness (QED) is 0.864. The first-order valence-corrected chi connectivity index (χ1v) is 7.80. The van der Waals surface area contributed by atoms with E-state index in [0.29, 0.717) is 5.92 Å². The van der Waals surface area contributed by atoms with Crippen LogP contribution in [0.5, 0.6) is 0 Å². The Morgan fingerprint density at radius 1 is 1.35 bits per heavy atom. The molecule has 2 atom stereocenters. The van der Waals surface area contributed by atoms with Crippen LogP contribution in [0.2, 0.25) is 0 Å². The third-order valence-electron chi connectivity index (χ3n) is 4.49. The Hall–Kier alpha value is -1.51. The van der Waals surface area contributed by atoms with Gasteiger partial charge < -0.3 is 10.6 Å². The smallest absolute Gasteiger partial charge is 0.242 e. The maximum absolute atomic E-state index is 12.4. The van der Waals surface area contributed by atoms with Gasteiger partial charge in [-0.25, -0.2) is 0 Å². The Labute approximate surface area is 122 Å². The van der Waals surface area contributed by atoms with Crippen LogP contribution in [-0.4, -0.2) is 18.0 Å². The molecule has 20 heavy (non-hydrogen) atoms. The second-order valence-corrected chi connectivity index (χ2v) is 5.77. The van der Waals surface area contributed by atoms with Gasteiger partial charge in [0, 0.05) is 11.7 Å². The lowest BCUT2D eigenvalue weighted by atomic mass is 9.94. The van der Waals surface area contributed by atoms with Gasteiger partial charge in [-0.2, -0.15) is 0 Å². The number of nitrogens with one attached hydrogen (secondary N) is 2. The number of fused-ring (bicyclic) bond motifs is 1. The molecule has 0 aliphatic carbocycles. The van der Waals surface area contributed by atoms with Gasteiger partial charge in [0.15, 0.2) is 0 Å². The normalized spacial score (nSPS) is 19.1. The van der Waals surface area contributed by atoms with Crippen LogP contribution in [0.4, 0.5) is 5.69 Å². The van der Waals surface area contributed by atoms with Crippen molar-refractivity contribution in [1.82, 2.24) is 5.32 Å². The largest absolute Gasteiger partial charge is 0.373 e. The number of rotatable bonds is 5. The highest BCUT2D eigenvalue weighted by molar-refractivity contribution is 5.85. The van der Waals surface area contributed by atoms with Crippen molar-refractivity contribution in [3.63, 3.8) is 0 Å². The minimum Gasteiger partial charge on any atom is -0.373 e. The van der Waals surface area contributed by atoms with Crippen molar-refractivity contribution in [3.8, 4) is 0 Å². The number of amides is 1.